The van der Waals surface area contributed by atoms with Crippen molar-refractivity contribution in [2.45, 2.75) is 32.0 Å². The van der Waals surface area contributed by atoms with Crippen molar-refractivity contribution in [3.63, 3.8) is 0 Å². The third-order valence-corrected chi connectivity index (χ3v) is 6.29. The van der Waals surface area contributed by atoms with E-state index in [2.05, 4.69) is 20.0 Å². The van der Waals surface area contributed by atoms with Crippen molar-refractivity contribution in [1.29, 1.82) is 0 Å². The Hall–Kier alpha value is 0.137. The minimum absolute atomic E-state index is 0.314. The molecule has 1 fully saturated rings. The third kappa shape index (κ3) is 1.83. The maximum absolute atomic E-state index is 8.84. The molecule has 2 atom stereocenters. The summed E-state index contributed by atoms with van der Waals surface area (Å²) in [5.41, 5.74) is 0.660. The van der Waals surface area contributed by atoms with Crippen LogP contribution < -0.4 is 0 Å². The normalized spacial score (nSPS) is 36.0. The molecule has 1 aliphatic heterocycles. The van der Waals surface area contributed by atoms with Gasteiger partial charge in [0, 0.05) is 13.2 Å². The predicted molar refractivity (Wildman–Crippen MR) is 48.1 cm³/mol. The lowest BCUT2D eigenvalue weighted by molar-refractivity contribution is 0.271. The molecular weight excluding hydrogens is 156 g/mol. The summed E-state index contributed by atoms with van der Waals surface area (Å²) >= 11 is 0. The highest BCUT2D eigenvalue weighted by Gasteiger charge is 2.42. The maximum Gasteiger partial charge on any atom is 0.190 e. The summed E-state index contributed by atoms with van der Waals surface area (Å²) in [6.45, 7) is 7.94. The van der Waals surface area contributed by atoms with Gasteiger partial charge in [-0.15, -0.1) is 0 Å². The van der Waals surface area contributed by atoms with Crippen molar-refractivity contribution in [2.24, 2.45) is 5.92 Å². The first kappa shape index (κ1) is 9.23. The van der Waals surface area contributed by atoms with Crippen molar-refractivity contribution < 1.29 is 9.53 Å². The number of aliphatic hydroxyl groups excluding tert-OH is 1. The Morgan fingerprint density at radius 1 is 1.55 bits per heavy atom. The highest BCUT2D eigenvalue weighted by atomic mass is 28.4. The van der Waals surface area contributed by atoms with Crippen LogP contribution in [0.1, 0.15) is 13.3 Å². The lowest BCUT2D eigenvalue weighted by atomic mass is 10.1. The van der Waals surface area contributed by atoms with Gasteiger partial charge in [-0.3, -0.25) is 0 Å². The van der Waals surface area contributed by atoms with Gasteiger partial charge in [-0.1, -0.05) is 6.92 Å². The molecule has 0 aliphatic carbocycles. The SMILES string of the molecule is CC1CO[Si](C)(C)C1CCO. The molecule has 0 saturated carbocycles. The third-order valence-electron chi connectivity index (χ3n) is 2.74. The first-order valence-electron chi connectivity index (χ1n) is 4.32. The van der Waals surface area contributed by atoms with Crippen molar-refractivity contribution in [3.8, 4) is 0 Å². The van der Waals surface area contributed by atoms with Gasteiger partial charge >= 0.3 is 0 Å². The Morgan fingerprint density at radius 2 is 2.18 bits per heavy atom. The number of rotatable bonds is 2. The van der Waals surface area contributed by atoms with E-state index in [-0.39, 0.29) is 0 Å². The van der Waals surface area contributed by atoms with Crippen LogP contribution in [0.4, 0.5) is 0 Å². The molecule has 2 nitrogen and oxygen atoms in total. The fourth-order valence-electron chi connectivity index (χ4n) is 2.03. The predicted octanol–water partition coefficient (Wildman–Crippen LogP) is 1.61. The van der Waals surface area contributed by atoms with Crippen LogP contribution in [-0.4, -0.2) is 26.6 Å². The minimum Gasteiger partial charge on any atom is -0.417 e. The fraction of sp³-hybridized carbons (Fsp3) is 1.00. The molecule has 0 aromatic rings. The van der Waals surface area contributed by atoms with Crippen molar-refractivity contribution >= 4 is 8.32 Å². The van der Waals surface area contributed by atoms with E-state index >= 15 is 0 Å². The first-order chi connectivity index (χ1) is 5.08. The fourth-order valence-corrected chi connectivity index (χ4v) is 5.22. The van der Waals surface area contributed by atoms with E-state index in [0.29, 0.717) is 18.1 Å². The van der Waals surface area contributed by atoms with Gasteiger partial charge in [0.2, 0.25) is 0 Å². The second kappa shape index (κ2) is 3.25. The summed E-state index contributed by atoms with van der Waals surface area (Å²) < 4.78 is 5.75. The van der Waals surface area contributed by atoms with E-state index in [1.54, 1.807) is 0 Å². The molecule has 1 N–H and O–H groups in total. The molecule has 1 aliphatic rings. The van der Waals surface area contributed by atoms with E-state index in [0.717, 1.165) is 13.0 Å². The summed E-state index contributed by atoms with van der Waals surface area (Å²) in [5.74, 6) is 0.656. The average molecular weight is 174 g/mol. The second-order valence-electron chi connectivity index (χ2n) is 4.01. The molecule has 66 valence electrons. The summed E-state index contributed by atoms with van der Waals surface area (Å²) in [7, 11) is -1.41. The lowest BCUT2D eigenvalue weighted by Crippen LogP contribution is -2.31. The van der Waals surface area contributed by atoms with Crippen molar-refractivity contribution in [3.05, 3.63) is 0 Å². The second-order valence-corrected chi connectivity index (χ2v) is 8.25. The molecule has 1 saturated heterocycles. The van der Waals surface area contributed by atoms with Gasteiger partial charge in [0.05, 0.1) is 0 Å². The Kier molecular flexibility index (Phi) is 2.73. The quantitative estimate of drug-likeness (QED) is 0.644. The van der Waals surface area contributed by atoms with Crippen LogP contribution in [0.25, 0.3) is 0 Å². The molecule has 0 amide bonds. The summed E-state index contributed by atoms with van der Waals surface area (Å²) in [6, 6.07) is 0. The molecule has 1 heterocycles. The van der Waals surface area contributed by atoms with Crippen molar-refractivity contribution in [1.82, 2.24) is 0 Å². The Morgan fingerprint density at radius 3 is 2.55 bits per heavy atom. The van der Waals surface area contributed by atoms with E-state index in [9.17, 15) is 0 Å². The molecule has 1 rings (SSSR count). The van der Waals surface area contributed by atoms with Gasteiger partial charge < -0.3 is 9.53 Å². The molecule has 2 unspecified atom stereocenters. The highest BCUT2D eigenvalue weighted by Crippen LogP contribution is 2.39. The Bertz CT molecular complexity index is 136. The van der Waals surface area contributed by atoms with Crippen molar-refractivity contribution in [2.75, 3.05) is 13.2 Å². The van der Waals surface area contributed by atoms with Gasteiger partial charge in [-0.2, -0.15) is 0 Å². The standard InChI is InChI=1S/C8H18O2Si/c1-7-6-10-11(2,3)8(7)4-5-9/h7-9H,4-6H2,1-3H3. The van der Waals surface area contributed by atoms with Crippen LogP contribution in [0.15, 0.2) is 0 Å². The zero-order chi connectivity index (χ0) is 8.48. The summed E-state index contributed by atoms with van der Waals surface area (Å²) in [5, 5.41) is 8.84. The monoisotopic (exact) mass is 174 g/mol. The van der Waals surface area contributed by atoms with E-state index in [4.69, 9.17) is 9.53 Å². The molecule has 0 spiro atoms. The maximum atomic E-state index is 8.84. The van der Waals surface area contributed by atoms with Gasteiger partial charge in [0.25, 0.3) is 0 Å². The summed E-state index contributed by atoms with van der Waals surface area (Å²) in [4.78, 5) is 0. The zero-order valence-electron chi connectivity index (χ0n) is 7.63. The molecule has 11 heavy (non-hydrogen) atoms. The highest BCUT2D eigenvalue weighted by molar-refractivity contribution is 6.73. The zero-order valence-corrected chi connectivity index (χ0v) is 8.63. The molecule has 0 aromatic carbocycles. The van der Waals surface area contributed by atoms with Crippen LogP contribution in [0.2, 0.25) is 18.6 Å². The Balaban J connectivity index is 2.57. The molecule has 0 bridgehead atoms. The van der Waals surface area contributed by atoms with Crippen LogP contribution in [0.3, 0.4) is 0 Å². The van der Waals surface area contributed by atoms with Crippen LogP contribution in [0.5, 0.6) is 0 Å². The molecule has 0 radical (unpaired) electrons. The molecular formula is C8H18O2Si. The van der Waals surface area contributed by atoms with E-state index in [1.807, 2.05) is 0 Å². The summed E-state index contributed by atoms with van der Waals surface area (Å²) in [6.07, 6.45) is 0.931. The molecule has 3 heteroatoms. The van der Waals surface area contributed by atoms with Gasteiger partial charge in [-0.25, -0.2) is 0 Å². The topological polar surface area (TPSA) is 29.5 Å². The van der Waals surface area contributed by atoms with Crippen LogP contribution in [-0.2, 0) is 4.43 Å². The van der Waals surface area contributed by atoms with E-state index < -0.39 is 8.32 Å². The first-order valence-corrected chi connectivity index (χ1v) is 7.31. The van der Waals surface area contributed by atoms with Gasteiger partial charge in [0.1, 0.15) is 0 Å². The number of hydrogen-bond acceptors (Lipinski definition) is 2. The lowest BCUT2D eigenvalue weighted by Gasteiger charge is -2.23. The molecule has 0 aromatic heterocycles. The smallest absolute Gasteiger partial charge is 0.190 e. The van der Waals surface area contributed by atoms with Crippen LogP contribution >= 0.6 is 0 Å². The Labute approximate surface area is 69.7 Å². The largest absolute Gasteiger partial charge is 0.417 e. The van der Waals surface area contributed by atoms with Gasteiger partial charge in [-0.05, 0) is 31.0 Å². The minimum atomic E-state index is -1.41. The van der Waals surface area contributed by atoms with E-state index in [1.165, 1.54) is 0 Å². The van der Waals surface area contributed by atoms with Crippen LogP contribution in [0, 0.1) is 5.92 Å². The number of hydrogen-bond donors (Lipinski definition) is 1. The van der Waals surface area contributed by atoms with Gasteiger partial charge in [0.15, 0.2) is 8.32 Å². The number of aliphatic hydroxyl groups is 1. The average Bonchev–Trinajstić information content (AvgIpc) is 2.16.